The Kier molecular flexibility index (Phi) is 5.89. The van der Waals surface area contributed by atoms with Gasteiger partial charge in [-0.05, 0) is 107 Å². The number of ether oxygens (including phenoxy) is 4. The summed E-state index contributed by atoms with van der Waals surface area (Å²) in [7, 11) is 0. The van der Waals surface area contributed by atoms with Crippen molar-refractivity contribution in [3.05, 3.63) is 101 Å². The van der Waals surface area contributed by atoms with Gasteiger partial charge >= 0.3 is 0 Å². The van der Waals surface area contributed by atoms with E-state index in [1.54, 1.807) is 0 Å². The van der Waals surface area contributed by atoms with E-state index >= 15 is 0 Å². The molecule has 1 aromatic heterocycles. The van der Waals surface area contributed by atoms with E-state index in [4.69, 9.17) is 18.9 Å². The number of nitrogens with zero attached hydrogens (tertiary/aromatic N) is 2. The summed E-state index contributed by atoms with van der Waals surface area (Å²) in [6.07, 6.45) is 0. The average molecular weight is 663 g/mol. The minimum atomic E-state index is -0.0165. The van der Waals surface area contributed by atoms with Crippen LogP contribution in [0.1, 0.15) is 43.0 Å². The number of thiophene rings is 1. The molecule has 0 atom stereocenters. The lowest BCUT2D eigenvalue weighted by Crippen LogP contribution is -2.61. The van der Waals surface area contributed by atoms with Crippen LogP contribution in [0.5, 0.6) is 23.0 Å². The van der Waals surface area contributed by atoms with Gasteiger partial charge in [0, 0.05) is 33.9 Å². The number of rotatable bonds is 2. The van der Waals surface area contributed by atoms with E-state index in [-0.39, 0.29) is 25.7 Å². The van der Waals surface area contributed by atoms with Gasteiger partial charge in [0.15, 0.2) is 23.0 Å². The van der Waals surface area contributed by atoms with Gasteiger partial charge in [0.25, 0.3) is 6.71 Å². The Balaban J connectivity index is 1.32. The number of hydrogen-bond acceptors (Lipinski definition) is 7. The lowest BCUT2D eigenvalue weighted by Gasteiger charge is -2.44. The van der Waals surface area contributed by atoms with E-state index in [0.717, 1.165) is 40.1 Å². The number of aryl methyl sites for hydroxylation is 3. The van der Waals surface area contributed by atoms with Crippen LogP contribution in [0.25, 0.3) is 10.1 Å². The Bertz CT molecular complexity index is 2390. The van der Waals surface area contributed by atoms with Gasteiger partial charge in [-0.2, -0.15) is 0 Å². The van der Waals surface area contributed by atoms with Crippen molar-refractivity contribution in [2.45, 2.75) is 47.0 Å². The van der Waals surface area contributed by atoms with E-state index in [2.05, 4.69) is 124 Å². The van der Waals surface area contributed by atoms with Crippen LogP contribution in [-0.2, 0) is 5.41 Å². The largest absolute Gasteiger partial charge is 0.454 e. The van der Waals surface area contributed by atoms with E-state index in [1.807, 2.05) is 17.4 Å². The molecule has 0 fully saturated rings. The molecule has 0 N–H and O–H groups in total. The fraction of sp³-hybridized carbons (Fsp3) is 0.220. The zero-order valence-corrected chi connectivity index (χ0v) is 29.2. The fourth-order valence-corrected chi connectivity index (χ4v) is 9.52. The lowest BCUT2D eigenvalue weighted by atomic mass is 9.33. The van der Waals surface area contributed by atoms with Crippen LogP contribution in [0.4, 0.5) is 33.4 Å². The van der Waals surface area contributed by atoms with Crippen molar-refractivity contribution >= 4 is 78.0 Å². The summed E-state index contributed by atoms with van der Waals surface area (Å²) >= 11 is 1.89. The van der Waals surface area contributed by atoms with E-state index in [1.165, 1.54) is 65.1 Å². The standard InChI is InChI=1S/C41H35BN2O4S/c1-22-13-30-38-31(14-22)44(39-23(2)15-25(16-24(39)3)41(4,5)6)40-37(27-9-7-8-10-36(27)49-40)42(38)28-18-34-35(48-21-47-34)19-29(28)43(30)26-11-12-32-33(17-26)46-20-45-32/h7-19H,20-21H2,1-6H3. The highest BCUT2D eigenvalue weighted by atomic mass is 32.1. The van der Waals surface area contributed by atoms with Gasteiger partial charge in [-0.15, -0.1) is 11.3 Å². The molecule has 4 aliphatic rings. The minimum Gasteiger partial charge on any atom is -0.454 e. The van der Waals surface area contributed by atoms with E-state index in [9.17, 15) is 0 Å². The Morgan fingerprint density at radius 2 is 1.31 bits per heavy atom. The molecule has 5 heterocycles. The Morgan fingerprint density at radius 3 is 2.04 bits per heavy atom. The molecule has 8 heteroatoms. The van der Waals surface area contributed by atoms with Gasteiger partial charge < -0.3 is 28.7 Å². The predicted octanol–water partition coefficient (Wildman–Crippen LogP) is 8.66. The number of fused-ring (bicyclic) bond motifs is 8. The van der Waals surface area contributed by atoms with Gasteiger partial charge in [0.1, 0.15) is 0 Å². The summed E-state index contributed by atoms with van der Waals surface area (Å²) in [6, 6.07) is 29.0. The molecular weight excluding hydrogens is 627 g/mol. The summed E-state index contributed by atoms with van der Waals surface area (Å²) in [5, 5.41) is 2.56. The summed E-state index contributed by atoms with van der Waals surface area (Å²) in [5.41, 5.74) is 14.6. The van der Waals surface area contributed by atoms with Gasteiger partial charge in [-0.3, -0.25) is 0 Å². The van der Waals surface area contributed by atoms with Crippen LogP contribution in [0, 0.1) is 20.8 Å². The lowest BCUT2D eigenvalue weighted by molar-refractivity contribution is 0.173. The van der Waals surface area contributed by atoms with Crippen LogP contribution >= 0.6 is 11.3 Å². The van der Waals surface area contributed by atoms with E-state index in [0.29, 0.717) is 0 Å². The van der Waals surface area contributed by atoms with Crippen LogP contribution in [0.3, 0.4) is 0 Å². The Morgan fingerprint density at radius 1 is 0.653 bits per heavy atom. The number of benzene rings is 5. The molecule has 10 rings (SSSR count). The summed E-state index contributed by atoms with van der Waals surface area (Å²) in [4.78, 5) is 4.94. The molecular formula is C41H35BN2O4S. The van der Waals surface area contributed by atoms with Gasteiger partial charge in [-0.1, -0.05) is 51.1 Å². The molecule has 6 aromatic rings. The highest BCUT2D eigenvalue weighted by Gasteiger charge is 2.46. The SMILES string of the molecule is Cc1cc2c3c(c1)N(c1c(C)cc(C(C)(C)C)cc1C)c1sc4ccccc4c1B3c1cc3c(cc1N2c1ccc2c(c1)OCO2)OCO3. The van der Waals surface area contributed by atoms with Crippen molar-refractivity contribution in [3.8, 4) is 23.0 Å². The highest BCUT2D eigenvalue weighted by Crippen LogP contribution is 2.51. The molecule has 0 saturated heterocycles. The maximum Gasteiger partial charge on any atom is 0.254 e. The van der Waals surface area contributed by atoms with Crippen LogP contribution in [-0.4, -0.2) is 20.3 Å². The smallest absolute Gasteiger partial charge is 0.254 e. The van der Waals surface area contributed by atoms with Crippen molar-refractivity contribution in [3.63, 3.8) is 0 Å². The first-order valence-electron chi connectivity index (χ1n) is 16.9. The second-order valence-electron chi connectivity index (χ2n) is 14.6. The third-order valence-electron chi connectivity index (χ3n) is 10.4. The van der Waals surface area contributed by atoms with Crippen LogP contribution < -0.4 is 45.1 Å². The van der Waals surface area contributed by atoms with Gasteiger partial charge in [0.2, 0.25) is 13.6 Å². The quantitative estimate of drug-likeness (QED) is 0.173. The molecule has 0 spiro atoms. The van der Waals surface area contributed by atoms with Crippen molar-refractivity contribution < 1.29 is 18.9 Å². The number of anilines is 6. The highest BCUT2D eigenvalue weighted by molar-refractivity contribution is 7.26. The second-order valence-corrected chi connectivity index (χ2v) is 15.7. The molecule has 242 valence electrons. The fourth-order valence-electron chi connectivity index (χ4n) is 8.26. The Labute approximate surface area is 290 Å². The summed E-state index contributed by atoms with van der Waals surface area (Å²) in [6.45, 7) is 14.1. The maximum atomic E-state index is 6.05. The van der Waals surface area contributed by atoms with Crippen LogP contribution in [0.2, 0.25) is 0 Å². The molecule has 0 radical (unpaired) electrons. The third-order valence-corrected chi connectivity index (χ3v) is 11.6. The van der Waals surface area contributed by atoms with Crippen molar-refractivity contribution in [2.24, 2.45) is 0 Å². The predicted molar refractivity (Wildman–Crippen MR) is 201 cm³/mol. The summed E-state index contributed by atoms with van der Waals surface area (Å²) < 4.78 is 25.0. The van der Waals surface area contributed by atoms with Gasteiger partial charge in [-0.25, -0.2) is 0 Å². The zero-order valence-electron chi connectivity index (χ0n) is 28.4. The molecule has 49 heavy (non-hydrogen) atoms. The second kappa shape index (κ2) is 9.99. The average Bonchev–Trinajstić information content (AvgIpc) is 3.82. The van der Waals surface area contributed by atoms with E-state index < -0.39 is 0 Å². The topological polar surface area (TPSA) is 43.4 Å². The zero-order chi connectivity index (χ0) is 33.3. The molecule has 6 nitrogen and oxygen atoms in total. The molecule has 0 aliphatic carbocycles. The molecule has 0 bridgehead atoms. The first-order valence-corrected chi connectivity index (χ1v) is 17.7. The van der Waals surface area contributed by atoms with Crippen LogP contribution in [0.15, 0.2) is 78.9 Å². The normalized spacial score (nSPS) is 15.1. The minimum absolute atomic E-state index is 0.0165. The molecule has 0 unspecified atom stereocenters. The van der Waals surface area contributed by atoms with Crippen molar-refractivity contribution in [1.82, 2.24) is 0 Å². The number of hydrogen-bond donors (Lipinski definition) is 0. The molecule has 4 aliphatic heterocycles. The molecule has 0 saturated carbocycles. The molecule has 5 aromatic carbocycles. The first kappa shape index (κ1) is 28.9. The maximum absolute atomic E-state index is 6.05. The molecule has 0 amide bonds. The van der Waals surface area contributed by atoms with Crippen molar-refractivity contribution in [1.29, 1.82) is 0 Å². The first-order chi connectivity index (χ1) is 23.7. The van der Waals surface area contributed by atoms with Crippen molar-refractivity contribution in [2.75, 3.05) is 23.4 Å². The Hall–Kier alpha value is -5.08. The summed E-state index contributed by atoms with van der Waals surface area (Å²) in [5.74, 6) is 3.07. The third kappa shape index (κ3) is 4.07. The monoisotopic (exact) mass is 662 g/mol. The van der Waals surface area contributed by atoms with Gasteiger partial charge in [0.05, 0.1) is 16.4 Å².